The van der Waals surface area contributed by atoms with Crippen molar-refractivity contribution < 1.29 is 4.79 Å². The number of nitrogens with one attached hydrogen (secondary N) is 2. The van der Waals surface area contributed by atoms with E-state index in [-0.39, 0.29) is 18.0 Å². The molecule has 88 valence electrons. The summed E-state index contributed by atoms with van der Waals surface area (Å²) in [6, 6.07) is 8.33. The van der Waals surface area contributed by atoms with Gasteiger partial charge < -0.3 is 5.32 Å². The van der Waals surface area contributed by atoms with E-state index in [1.807, 2.05) is 6.92 Å². The largest absolute Gasteiger partial charge is 0.358 e. The van der Waals surface area contributed by atoms with Gasteiger partial charge in [0.2, 0.25) is 5.91 Å². The van der Waals surface area contributed by atoms with Crippen LogP contribution in [0.1, 0.15) is 31.0 Å². The van der Waals surface area contributed by atoms with Crippen LogP contribution in [-0.2, 0) is 4.79 Å². The number of amides is 1. The Hall–Kier alpha value is -1.35. The van der Waals surface area contributed by atoms with Crippen molar-refractivity contribution in [3.8, 4) is 0 Å². The molecular weight excluding hydrogens is 200 g/mol. The van der Waals surface area contributed by atoms with Crippen LogP contribution in [0, 0.1) is 6.92 Å². The minimum Gasteiger partial charge on any atom is -0.358 e. The molecule has 0 fully saturated rings. The first kappa shape index (κ1) is 12.7. The Morgan fingerprint density at radius 3 is 2.25 bits per heavy atom. The molecule has 0 radical (unpaired) electrons. The van der Waals surface area contributed by atoms with Gasteiger partial charge in [0.05, 0.1) is 6.04 Å². The fourth-order valence-electron chi connectivity index (χ4n) is 1.62. The number of hydrogen-bond donors (Lipinski definition) is 2. The van der Waals surface area contributed by atoms with Crippen LogP contribution in [0.25, 0.3) is 0 Å². The minimum atomic E-state index is -0.179. The third kappa shape index (κ3) is 3.35. The van der Waals surface area contributed by atoms with Gasteiger partial charge in [-0.2, -0.15) is 0 Å². The zero-order valence-electron chi connectivity index (χ0n) is 10.4. The lowest BCUT2D eigenvalue weighted by atomic mass is 10.1. The molecule has 0 aliphatic carbocycles. The number of carbonyl (C=O) groups excluding carboxylic acids is 1. The second kappa shape index (κ2) is 5.66. The summed E-state index contributed by atoms with van der Waals surface area (Å²) in [4.78, 5) is 11.4. The molecule has 16 heavy (non-hydrogen) atoms. The van der Waals surface area contributed by atoms with E-state index in [1.165, 1.54) is 11.1 Å². The lowest BCUT2D eigenvalue weighted by Crippen LogP contribution is -2.41. The monoisotopic (exact) mass is 220 g/mol. The quantitative estimate of drug-likeness (QED) is 0.812. The Labute approximate surface area is 97.2 Å². The van der Waals surface area contributed by atoms with Gasteiger partial charge in [-0.15, -0.1) is 0 Å². The summed E-state index contributed by atoms with van der Waals surface area (Å²) in [5.74, 6) is 0.0129. The summed E-state index contributed by atoms with van der Waals surface area (Å²) < 4.78 is 0. The molecule has 3 heteroatoms. The van der Waals surface area contributed by atoms with Crippen LogP contribution >= 0.6 is 0 Å². The van der Waals surface area contributed by atoms with Crippen molar-refractivity contribution in [2.75, 3.05) is 7.05 Å². The summed E-state index contributed by atoms with van der Waals surface area (Å²) >= 11 is 0. The Morgan fingerprint density at radius 2 is 1.75 bits per heavy atom. The topological polar surface area (TPSA) is 41.1 Å². The van der Waals surface area contributed by atoms with Crippen LogP contribution in [-0.4, -0.2) is 19.0 Å². The zero-order chi connectivity index (χ0) is 12.1. The Kier molecular flexibility index (Phi) is 4.50. The van der Waals surface area contributed by atoms with Gasteiger partial charge in [0.1, 0.15) is 0 Å². The number of benzene rings is 1. The molecule has 2 N–H and O–H groups in total. The highest BCUT2D eigenvalue weighted by Gasteiger charge is 2.14. The molecule has 0 aliphatic heterocycles. The van der Waals surface area contributed by atoms with Crippen molar-refractivity contribution in [3.05, 3.63) is 35.4 Å². The molecule has 1 aromatic rings. The Morgan fingerprint density at radius 1 is 1.19 bits per heavy atom. The zero-order valence-corrected chi connectivity index (χ0v) is 10.4. The van der Waals surface area contributed by atoms with Crippen LogP contribution in [0.4, 0.5) is 0 Å². The molecule has 0 saturated heterocycles. The highest BCUT2D eigenvalue weighted by atomic mass is 16.2. The van der Waals surface area contributed by atoms with E-state index in [0.717, 1.165) is 0 Å². The maximum Gasteiger partial charge on any atom is 0.236 e. The van der Waals surface area contributed by atoms with Gasteiger partial charge in [0, 0.05) is 13.1 Å². The van der Waals surface area contributed by atoms with Crippen LogP contribution in [0.15, 0.2) is 24.3 Å². The van der Waals surface area contributed by atoms with Gasteiger partial charge >= 0.3 is 0 Å². The van der Waals surface area contributed by atoms with E-state index >= 15 is 0 Å². The van der Waals surface area contributed by atoms with Crippen molar-refractivity contribution in [1.29, 1.82) is 0 Å². The van der Waals surface area contributed by atoms with Crippen LogP contribution in [0.2, 0.25) is 0 Å². The fraction of sp³-hybridized carbons (Fsp3) is 0.462. The van der Waals surface area contributed by atoms with E-state index in [1.54, 1.807) is 7.05 Å². The normalized spacial score (nSPS) is 14.2. The van der Waals surface area contributed by atoms with Gasteiger partial charge in [-0.1, -0.05) is 29.8 Å². The summed E-state index contributed by atoms with van der Waals surface area (Å²) in [6.45, 7) is 5.99. The third-order valence-corrected chi connectivity index (χ3v) is 2.72. The molecule has 0 aliphatic rings. The van der Waals surface area contributed by atoms with E-state index in [4.69, 9.17) is 0 Å². The average Bonchev–Trinajstić information content (AvgIpc) is 2.28. The molecule has 1 aromatic carbocycles. The van der Waals surface area contributed by atoms with Gasteiger partial charge in [-0.25, -0.2) is 0 Å². The smallest absolute Gasteiger partial charge is 0.236 e. The number of rotatable bonds is 4. The molecule has 1 rings (SSSR count). The average molecular weight is 220 g/mol. The molecule has 0 saturated carbocycles. The van der Waals surface area contributed by atoms with Crippen molar-refractivity contribution >= 4 is 5.91 Å². The number of hydrogen-bond acceptors (Lipinski definition) is 2. The third-order valence-electron chi connectivity index (χ3n) is 2.72. The second-order valence-corrected chi connectivity index (χ2v) is 4.13. The lowest BCUT2D eigenvalue weighted by Gasteiger charge is -2.19. The standard InChI is InChI=1S/C13H20N2O/c1-9-5-7-12(8-6-9)10(2)15-11(3)13(16)14-4/h5-8,10-11,15H,1-4H3,(H,14,16)/t10-,11?/m1/s1. The highest BCUT2D eigenvalue weighted by Crippen LogP contribution is 2.13. The first-order valence-corrected chi connectivity index (χ1v) is 5.58. The SMILES string of the molecule is CNC(=O)C(C)N[C@H](C)c1ccc(C)cc1. The molecule has 0 spiro atoms. The molecule has 1 unspecified atom stereocenters. The molecule has 0 heterocycles. The van der Waals surface area contributed by atoms with Crippen LogP contribution < -0.4 is 10.6 Å². The predicted octanol–water partition coefficient (Wildman–Crippen LogP) is 1.78. The highest BCUT2D eigenvalue weighted by molar-refractivity contribution is 5.80. The predicted molar refractivity (Wildman–Crippen MR) is 66.3 cm³/mol. The van der Waals surface area contributed by atoms with Crippen molar-refractivity contribution in [1.82, 2.24) is 10.6 Å². The Bertz CT molecular complexity index is 345. The van der Waals surface area contributed by atoms with Crippen molar-refractivity contribution in [3.63, 3.8) is 0 Å². The fourth-order valence-corrected chi connectivity index (χ4v) is 1.62. The van der Waals surface area contributed by atoms with E-state index in [0.29, 0.717) is 0 Å². The number of carbonyl (C=O) groups is 1. The van der Waals surface area contributed by atoms with Gasteiger partial charge in [-0.05, 0) is 26.3 Å². The first-order chi connectivity index (χ1) is 7.54. The first-order valence-electron chi connectivity index (χ1n) is 5.58. The van der Waals surface area contributed by atoms with Crippen LogP contribution in [0.3, 0.4) is 0 Å². The van der Waals surface area contributed by atoms with Gasteiger partial charge in [-0.3, -0.25) is 10.1 Å². The number of likely N-dealkylation sites (N-methyl/N-ethyl adjacent to an activating group) is 1. The molecule has 0 bridgehead atoms. The minimum absolute atomic E-state index is 0.0129. The molecule has 3 nitrogen and oxygen atoms in total. The maximum atomic E-state index is 11.4. The second-order valence-electron chi connectivity index (χ2n) is 4.13. The number of aryl methyl sites for hydroxylation is 1. The summed E-state index contributed by atoms with van der Waals surface area (Å²) in [6.07, 6.45) is 0. The van der Waals surface area contributed by atoms with Gasteiger partial charge in [0.15, 0.2) is 0 Å². The van der Waals surface area contributed by atoms with Crippen molar-refractivity contribution in [2.24, 2.45) is 0 Å². The van der Waals surface area contributed by atoms with E-state index in [9.17, 15) is 4.79 Å². The van der Waals surface area contributed by atoms with Crippen LogP contribution in [0.5, 0.6) is 0 Å². The van der Waals surface area contributed by atoms with Gasteiger partial charge in [0.25, 0.3) is 0 Å². The van der Waals surface area contributed by atoms with E-state index < -0.39 is 0 Å². The van der Waals surface area contributed by atoms with Crippen molar-refractivity contribution in [2.45, 2.75) is 32.9 Å². The lowest BCUT2D eigenvalue weighted by molar-refractivity contribution is -0.122. The summed E-state index contributed by atoms with van der Waals surface area (Å²) in [5.41, 5.74) is 2.44. The molecule has 0 aromatic heterocycles. The molecular formula is C13H20N2O. The Balaban J connectivity index is 2.61. The maximum absolute atomic E-state index is 11.4. The molecule has 2 atom stereocenters. The molecule has 1 amide bonds. The summed E-state index contributed by atoms with van der Waals surface area (Å²) in [7, 11) is 1.65. The van der Waals surface area contributed by atoms with E-state index in [2.05, 4.69) is 48.7 Å². The summed E-state index contributed by atoms with van der Waals surface area (Å²) in [5, 5.41) is 5.88.